The summed E-state index contributed by atoms with van der Waals surface area (Å²) >= 11 is 0. The quantitative estimate of drug-likeness (QED) is 0.443. The predicted octanol–water partition coefficient (Wildman–Crippen LogP) is 1.03. The summed E-state index contributed by atoms with van der Waals surface area (Å²) in [6, 6.07) is 11.4. The second kappa shape index (κ2) is 6.14. The monoisotopic (exact) mass is 306 g/mol. The highest BCUT2D eigenvalue weighted by atomic mass is 32.2. The summed E-state index contributed by atoms with van der Waals surface area (Å²) in [6.07, 6.45) is 0. The maximum atomic E-state index is 11.0. The van der Waals surface area contributed by atoms with Crippen molar-refractivity contribution in [3.05, 3.63) is 48.5 Å². The Kier molecular flexibility index (Phi) is 4.48. The number of benzene rings is 2. The lowest BCUT2D eigenvalue weighted by molar-refractivity contribution is 0.425. The van der Waals surface area contributed by atoms with Crippen LogP contribution in [0.25, 0.3) is 0 Å². The third-order valence-corrected chi connectivity index (χ3v) is 3.44. The minimum absolute atomic E-state index is 0.261. The summed E-state index contributed by atoms with van der Waals surface area (Å²) in [5, 5.41) is 25.6. The maximum absolute atomic E-state index is 11.0. The molecule has 2 aromatic rings. The zero-order chi connectivity index (χ0) is 15.5. The lowest BCUT2D eigenvalue weighted by Crippen LogP contribution is -2.29. The number of nitrogens with zero attached hydrogens (tertiary/aromatic N) is 2. The minimum atomic E-state index is -4.28. The fraction of sp³-hybridized carbons (Fsp3) is 0. The first-order chi connectivity index (χ1) is 9.86. The van der Waals surface area contributed by atoms with Crippen LogP contribution in [-0.4, -0.2) is 30.1 Å². The van der Waals surface area contributed by atoms with Crippen LogP contribution in [0.4, 0.5) is 11.4 Å². The molecule has 0 fully saturated rings. The smallest absolute Gasteiger partial charge is 0.423 e. The van der Waals surface area contributed by atoms with Crippen LogP contribution in [0.3, 0.4) is 0 Å². The molecular weight excluding hydrogens is 295 g/mol. The summed E-state index contributed by atoms with van der Waals surface area (Å²) < 4.78 is 30.9. The van der Waals surface area contributed by atoms with Gasteiger partial charge < -0.3 is 10.0 Å². The molecule has 0 unspecified atom stereocenters. The second-order valence-electron chi connectivity index (χ2n) is 4.14. The molecule has 9 heteroatoms. The molecule has 0 atom stereocenters. The van der Waals surface area contributed by atoms with Crippen molar-refractivity contribution in [3.8, 4) is 0 Å². The molecule has 7 nitrogen and oxygen atoms in total. The summed E-state index contributed by atoms with van der Waals surface area (Å²) in [7, 11) is -5.83. The van der Waals surface area contributed by atoms with E-state index in [0.29, 0.717) is 11.2 Å². The molecule has 0 aliphatic rings. The Balaban J connectivity index is 2.21. The van der Waals surface area contributed by atoms with Gasteiger partial charge in [0.2, 0.25) is 0 Å². The van der Waals surface area contributed by atoms with E-state index < -0.39 is 17.2 Å². The SMILES string of the molecule is O=S(=O)(O)c1cccc(/N=N/c2ccc(B(O)O)cc2)c1. The van der Waals surface area contributed by atoms with Gasteiger partial charge in [-0.2, -0.15) is 18.6 Å². The Bertz CT molecular complexity index is 759. The van der Waals surface area contributed by atoms with E-state index in [1.165, 1.54) is 48.5 Å². The van der Waals surface area contributed by atoms with E-state index >= 15 is 0 Å². The Morgan fingerprint density at radius 2 is 1.52 bits per heavy atom. The highest BCUT2D eigenvalue weighted by Crippen LogP contribution is 2.20. The average molecular weight is 306 g/mol. The molecule has 0 aliphatic carbocycles. The van der Waals surface area contributed by atoms with Gasteiger partial charge in [-0.3, -0.25) is 4.55 Å². The second-order valence-corrected chi connectivity index (χ2v) is 5.56. The highest BCUT2D eigenvalue weighted by Gasteiger charge is 2.10. The molecule has 2 aromatic carbocycles. The van der Waals surface area contributed by atoms with Crippen LogP contribution in [0.5, 0.6) is 0 Å². The summed E-state index contributed by atoms with van der Waals surface area (Å²) in [4.78, 5) is -0.266. The fourth-order valence-electron chi connectivity index (χ4n) is 1.53. The van der Waals surface area contributed by atoms with E-state index in [0.717, 1.165) is 0 Å². The minimum Gasteiger partial charge on any atom is -0.423 e. The predicted molar refractivity (Wildman–Crippen MR) is 76.7 cm³/mol. The molecule has 0 aliphatic heterocycles. The van der Waals surface area contributed by atoms with Gasteiger partial charge in [0.1, 0.15) is 0 Å². The molecule has 0 heterocycles. The Hall–Kier alpha value is -2.07. The molecule has 108 valence electrons. The summed E-state index contributed by atoms with van der Waals surface area (Å²) in [5.74, 6) is 0. The maximum Gasteiger partial charge on any atom is 0.488 e. The van der Waals surface area contributed by atoms with Crippen LogP contribution >= 0.6 is 0 Å². The molecule has 0 radical (unpaired) electrons. The lowest BCUT2D eigenvalue weighted by atomic mass is 9.80. The van der Waals surface area contributed by atoms with Crippen molar-refractivity contribution in [1.82, 2.24) is 0 Å². The third-order valence-electron chi connectivity index (χ3n) is 2.59. The number of rotatable bonds is 4. The van der Waals surface area contributed by atoms with Gasteiger partial charge in [-0.1, -0.05) is 18.2 Å². The zero-order valence-electron chi connectivity index (χ0n) is 10.7. The van der Waals surface area contributed by atoms with Crippen molar-refractivity contribution in [3.63, 3.8) is 0 Å². The first kappa shape index (κ1) is 15.3. The Morgan fingerprint density at radius 1 is 0.905 bits per heavy atom. The molecule has 0 saturated heterocycles. The molecule has 3 N–H and O–H groups in total. The summed E-state index contributed by atoms with van der Waals surface area (Å²) in [6.45, 7) is 0. The third kappa shape index (κ3) is 4.20. The normalized spacial score (nSPS) is 11.8. The van der Waals surface area contributed by atoms with Crippen molar-refractivity contribution in [2.24, 2.45) is 10.2 Å². The molecule has 0 bridgehead atoms. The lowest BCUT2D eigenvalue weighted by Gasteiger charge is -1.99. The zero-order valence-corrected chi connectivity index (χ0v) is 11.5. The van der Waals surface area contributed by atoms with Crippen LogP contribution < -0.4 is 5.46 Å². The van der Waals surface area contributed by atoms with Gasteiger partial charge in [-0.15, -0.1) is 0 Å². The number of azo groups is 1. The van der Waals surface area contributed by atoms with Gasteiger partial charge in [0.05, 0.1) is 16.3 Å². The molecular formula is C12H11BN2O5S. The Morgan fingerprint density at radius 3 is 2.10 bits per heavy atom. The van der Waals surface area contributed by atoms with Crippen LogP contribution in [0.2, 0.25) is 0 Å². The van der Waals surface area contributed by atoms with Crippen LogP contribution in [0.15, 0.2) is 63.7 Å². The largest absolute Gasteiger partial charge is 0.488 e. The van der Waals surface area contributed by atoms with E-state index in [9.17, 15) is 8.42 Å². The van der Waals surface area contributed by atoms with Gasteiger partial charge in [0.25, 0.3) is 10.1 Å². The first-order valence-electron chi connectivity index (χ1n) is 5.82. The van der Waals surface area contributed by atoms with E-state index in [1.54, 1.807) is 0 Å². The van der Waals surface area contributed by atoms with Gasteiger partial charge in [-0.25, -0.2) is 0 Å². The molecule has 2 rings (SSSR count). The van der Waals surface area contributed by atoms with Gasteiger partial charge >= 0.3 is 7.12 Å². The van der Waals surface area contributed by atoms with E-state index in [1.807, 2.05) is 0 Å². The summed E-state index contributed by atoms with van der Waals surface area (Å²) in [5.41, 5.74) is 1.04. The topological polar surface area (TPSA) is 120 Å². The van der Waals surface area contributed by atoms with E-state index in [2.05, 4.69) is 10.2 Å². The van der Waals surface area contributed by atoms with Crippen molar-refractivity contribution in [2.75, 3.05) is 0 Å². The molecule has 21 heavy (non-hydrogen) atoms. The number of hydrogen-bond acceptors (Lipinski definition) is 6. The van der Waals surface area contributed by atoms with E-state index in [-0.39, 0.29) is 10.6 Å². The molecule has 0 saturated carbocycles. The molecule has 0 amide bonds. The van der Waals surface area contributed by atoms with Crippen molar-refractivity contribution in [2.45, 2.75) is 4.90 Å². The van der Waals surface area contributed by atoms with Crippen molar-refractivity contribution < 1.29 is 23.0 Å². The van der Waals surface area contributed by atoms with Gasteiger partial charge in [0.15, 0.2) is 0 Å². The van der Waals surface area contributed by atoms with Gasteiger partial charge in [-0.05, 0) is 35.8 Å². The van der Waals surface area contributed by atoms with Crippen LogP contribution in [0.1, 0.15) is 0 Å². The Labute approximate surface area is 121 Å². The fourth-order valence-corrected chi connectivity index (χ4v) is 2.05. The molecule has 0 aromatic heterocycles. The van der Waals surface area contributed by atoms with Crippen LogP contribution in [0, 0.1) is 0 Å². The van der Waals surface area contributed by atoms with Crippen molar-refractivity contribution >= 4 is 34.1 Å². The van der Waals surface area contributed by atoms with Crippen LogP contribution in [-0.2, 0) is 10.1 Å². The highest BCUT2D eigenvalue weighted by molar-refractivity contribution is 7.85. The standard InChI is InChI=1S/C12H11BN2O5S/c16-13(17)9-4-6-10(7-5-9)14-15-11-2-1-3-12(8-11)21(18,19)20/h1-8,16-17H,(H,18,19,20)/b15-14+. The average Bonchev–Trinajstić information content (AvgIpc) is 2.45. The van der Waals surface area contributed by atoms with Crippen molar-refractivity contribution in [1.29, 1.82) is 0 Å². The van der Waals surface area contributed by atoms with Gasteiger partial charge in [0, 0.05) is 0 Å². The molecule has 0 spiro atoms. The first-order valence-corrected chi connectivity index (χ1v) is 7.26. The van der Waals surface area contributed by atoms with E-state index in [4.69, 9.17) is 14.6 Å². The number of hydrogen-bond donors (Lipinski definition) is 3.